The molecule has 0 saturated heterocycles. The van der Waals surface area contributed by atoms with Crippen LogP contribution in [-0.4, -0.2) is 22.6 Å². The minimum atomic E-state index is -0.985. The normalized spacial score (nSPS) is 23.0. The second kappa shape index (κ2) is 5.57. The molecule has 4 nitrogen and oxygen atoms in total. The maximum atomic E-state index is 11.1. The van der Waals surface area contributed by atoms with Crippen LogP contribution in [0.1, 0.15) is 36.5 Å². The number of aromatic nitrogens is 1. The van der Waals surface area contributed by atoms with Gasteiger partial charge in [-0.25, -0.2) is 9.78 Å². The van der Waals surface area contributed by atoms with Crippen molar-refractivity contribution in [3.8, 4) is 0 Å². The van der Waals surface area contributed by atoms with E-state index in [0.717, 1.165) is 6.54 Å². The lowest BCUT2D eigenvalue weighted by atomic mass is 9.98. The molecule has 1 aliphatic carbocycles. The van der Waals surface area contributed by atoms with Gasteiger partial charge in [-0.1, -0.05) is 31.4 Å². The fraction of sp³-hybridized carbons (Fsp3) is 0.538. The molecule has 0 radical (unpaired) electrons. The van der Waals surface area contributed by atoms with Gasteiger partial charge in [0.15, 0.2) is 0 Å². The van der Waals surface area contributed by atoms with Crippen molar-refractivity contribution in [2.24, 2.45) is 11.8 Å². The Morgan fingerprint density at radius 3 is 2.94 bits per heavy atom. The molecule has 2 N–H and O–H groups in total. The Kier molecular flexibility index (Phi) is 4.07. The molecule has 0 aromatic carbocycles. The second-order valence-electron chi connectivity index (χ2n) is 4.88. The molecular weight excluding hydrogens is 252 g/mol. The molecule has 1 aromatic rings. The maximum Gasteiger partial charge on any atom is 0.339 e. The molecule has 1 heterocycles. The lowest BCUT2D eigenvalue weighted by Gasteiger charge is -2.17. The summed E-state index contributed by atoms with van der Waals surface area (Å²) >= 11 is 5.80. The standard InChI is InChI=1S/C13H17ClN2O2/c1-8-3-2-4-9(8)7-15-12-10(13(17)18)5-6-11(14)16-12/h5-6,8-9H,2-4,7H2,1H3,(H,15,16)(H,17,18). The summed E-state index contributed by atoms with van der Waals surface area (Å²) in [6, 6.07) is 2.98. The number of rotatable bonds is 4. The Labute approximate surface area is 111 Å². The SMILES string of the molecule is CC1CCCC1CNc1nc(Cl)ccc1C(=O)O. The number of nitrogens with one attached hydrogen (secondary N) is 1. The minimum Gasteiger partial charge on any atom is -0.478 e. The van der Waals surface area contributed by atoms with Crippen molar-refractivity contribution in [3.63, 3.8) is 0 Å². The number of carboxylic acids is 1. The molecule has 0 spiro atoms. The Bertz CT molecular complexity index is 451. The summed E-state index contributed by atoms with van der Waals surface area (Å²) in [6.07, 6.45) is 3.69. The molecule has 5 heteroatoms. The molecule has 0 amide bonds. The lowest BCUT2D eigenvalue weighted by molar-refractivity contribution is 0.0697. The molecule has 1 fully saturated rings. The van der Waals surface area contributed by atoms with Gasteiger partial charge in [-0.05, 0) is 30.4 Å². The van der Waals surface area contributed by atoms with Crippen LogP contribution >= 0.6 is 11.6 Å². The second-order valence-corrected chi connectivity index (χ2v) is 5.27. The quantitative estimate of drug-likeness (QED) is 0.823. The van der Waals surface area contributed by atoms with Crippen LogP contribution in [0, 0.1) is 11.8 Å². The van der Waals surface area contributed by atoms with Crippen molar-refractivity contribution < 1.29 is 9.90 Å². The molecule has 0 bridgehead atoms. The van der Waals surface area contributed by atoms with Crippen LogP contribution in [-0.2, 0) is 0 Å². The largest absolute Gasteiger partial charge is 0.478 e. The Morgan fingerprint density at radius 1 is 1.56 bits per heavy atom. The number of carboxylic acid groups (broad SMARTS) is 1. The number of nitrogens with zero attached hydrogens (tertiary/aromatic N) is 1. The average Bonchev–Trinajstić information content (AvgIpc) is 2.72. The number of halogens is 1. The number of anilines is 1. The van der Waals surface area contributed by atoms with Gasteiger partial charge < -0.3 is 10.4 Å². The van der Waals surface area contributed by atoms with E-state index in [-0.39, 0.29) is 5.56 Å². The topological polar surface area (TPSA) is 62.2 Å². The highest BCUT2D eigenvalue weighted by atomic mass is 35.5. The zero-order valence-electron chi connectivity index (χ0n) is 10.3. The van der Waals surface area contributed by atoms with E-state index >= 15 is 0 Å². The fourth-order valence-electron chi connectivity index (χ4n) is 2.50. The van der Waals surface area contributed by atoms with Gasteiger partial charge >= 0.3 is 5.97 Å². The lowest BCUT2D eigenvalue weighted by Crippen LogP contribution is -2.18. The van der Waals surface area contributed by atoms with Gasteiger partial charge in [-0.3, -0.25) is 0 Å². The van der Waals surface area contributed by atoms with Crippen molar-refractivity contribution in [2.75, 3.05) is 11.9 Å². The van der Waals surface area contributed by atoms with Crippen LogP contribution < -0.4 is 5.32 Å². The molecule has 1 aliphatic rings. The van der Waals surface area contributed by atoms with Crippen LogP contribution in [0.4, 0.5) is 5.82 Å². The van der Waals surface area contributed by atoms with E-state index in [1.807, 2.05) is 0 Å². The first-order chi connectivity index (χ1) is 8.58. The number of hydrogen-bond donors (Lipinski definition) is 2. The predicted molar refractivity (Wildman–Crippen MR) is 71.2 cm³/mol. The summed E-state index contributed by atoms with van der Waals surface area (Å²) in [5.41, 5.74) is 0.171. The number of pyridine rings is 1. The smallest absolute Gasteiger partial charge is 0.339 e. The molecule has 98 valence electrons. The van der Waals surface area contributed by atoms with Crippen molar-refractivity contribution in [3.05, 3.63) is 22.8 Å². The Balaban J connectivity index is 2.08. The van der Waals surface area contributed by atoms with Crippen LogP contribution in [0.3, 0.4) is 0 Å². The third-order valence-corrected chi connectivity index (χ3v) is 3.87. The predicted octanol–water partition coefficient (Wildman–Crippen LogP) is 3.28. The third-order valence-electron chi connectivity index (χ3n) is 3.66. The van der Waals surface area contributed by atoms with Crippen molar-refractivity contribution in [1.29, 1.82) is 0 Å². The van der Waals surface area contributed by atoms with Gasteiger partial charge in [-0.15, -0.1) is 0 Å². The van der Waals surface area contributed by atoms with Gasteiger partial charge in [0, 0.05) is 6.54 Å². The van der Waals surface area contributed by atoms with Crippen LogP contribution in [0.2, 0.25) is 5.15 Å². The zero-order chi connectivity index (χ0) is 13.1. The molecular formula is C13H17ClN2O2. The molecule has 0 aliphatic heterocycles. The first kappa shape index (κ1) is 13.1. The first-order valence-electron chi connectivity index (χ1n) is 6.21. The van der Waals surface area contributed by atoms with Crippen LogP contribution in [0.25, 0.3) is 0 Å². The molecule has 1 aromatic heterocycles. The summed E-state index contributed by atoms with van der Waals surface area (Å²) < 4.78 is 0. The van der Waals surface area contributed by atoms with Gasteiger partial charge in [0.2, 0.25) is 0 Å². The highest BCUT2D eigenvalue weighted by Gasteiger charge is 2.23. The van der Waals surface area contributed by atoms with E-state index in [0.29, 0.717) is 22.8 Å². The fourth-order valence-corrected chi connectivity index (χ4v) is 2.64. The summed E-state index contributed by atoms with van der Waals surface area (Å²) in [6.45, 7) is 3.00. The van der Waals surface area contributed by atoms with Gasteiger partial charge in [0.1, 0.15) is 16.5 Å². The Hall–Kier alpha value is -1.29. The summed E-state index contributed by atoms with van der Waals surface area (Å²) in [5, 5.41) is 12.5. The highest BCUT2D eigenvalue weighted by molar-refractivity contribution is 6.29. The number of hydrogen-bond acceptors (Lipinski definition) is 3. The van der Waals surface area contributed by atoms with E-state index in [1.165, 1.54) is 31.4 Å². The van der Waals surface area contributed by atoms with Crippen molar-refractivity contribution in [2.45, 2.75) is 26.2 Å². The molecule has 1 saturated carbocycles. The maximum absolute atomic E-state index is 11.1. The minimum absolute atomic E-state index is 0.171. The number of aromatic carboxylic acids is 1. The Morgan fingerprint density at radius 2 is 2.33 bits per heavy atom. The van der Waals surface area contributed by atoms with E-state index in [4.69, 9.17) is 16.7 Å². The first-order valence-corrected chi connectivity index (χ1v) is 6.59. The number of carbonyl (C=O) groups is 1. The van der Waals surface area contributed by atoms with E-state index in [1.54, 1.807) is 0 Å². The van der Waals surface area contributed by atoms with Crippen LogP contribution in [0.15, 0.2) is 12.1 Å². The van der Waals surface area contributed by atoms with Crippen molar-refractivity contribution >= 4 is 23.4 Å². The highest BCUT2D eigenvalue weighted by Crippen LogP contribution is 2.31. The van der Waals surface area contributed by atoms with Crippen molar-refractivity contribution in [1.82, 2.24) is 4.98 Å². The average molecular weight is 269 g/mol. The monoisotopic (exact) mass is 268 g/mol. The molecule has 2 rings (SSSR count). The van der Waals surface area contributed by atoms with Gasteiger partial charge in [-0.2, -0.15) is 0 Å². The van der Waals surface area contributed by atoms with E-state index in [2.05, 4.69) is 17.2 Å². The van der Waals surface area contributed by atoms with Gasteiger partial charge in [0.05, 0.1) is 0 Å². The van der Waals surface area contributed by atoms with Gasteiger partial charge in [0.25, 0.3) is 0 Å². The zero-order valence-corrected chi connectivity index (χ0v) is 11.1. The molecule has 2 unspecified atom stereocenters. The summed E-state index contributed by atoms with van der Waals surface area (Å²) in [4.78, 5) is 15.1. The van der Waals surface area contributed by atoms with Crippen LogP contribution in [0.5, 0.6) is 0 Å². The summed E-state index contributed by atoms with van der Waals surface area (Å²) in [5.74, 6) is 0.660. The van der Waals surface area contributed by atoms with E-state index < -0.39 is 5.97 Å². The molecule has 2 atom stereocenters. The molecule has 18 heavy (non-hydrogen) atoms. The summed E-state index contributed by atoms with van der Waals surface area (Å²) in [7, 11) is 0. The van der Waals surface area contributed by atoms with E-state index in [9.17, 15) is 4.79 Å². The third kappa shape index (κ3) is 2.93.